The summed E-state index contributed by atoms with van der Waals surface area (Å²) in [7, 11) is 0. The molecule has 3 aliphatic rings. The van der Waals surface area contributed by atoms with E-state index in [9.17, 15) is 0 Å². The third-order valence-corrected chi connectivity index (χ3v) is 6.94. The van der Waals surface area contributed by atoms with Crippen molar-refractivity contribution in [3.05, 3.63) is 58.6 Å². The molecule has 3 aromatic rings. The molecule has 0 unspecified atom stereocenters. The van der Waals surface area contributed by atoms with Crippen molar-refractivity contribution in [2.24, 2.45) is 5.92 Å². The molecule has 0 aromatic carbocycles. The first-order valence-corrected chi connectivity index (χ1v) is 11.8. The van der Waals surface area contributed by atoms with Crippen LogP contribution in [-0.4, -0.2) is 31.3 Å². The van der Waals surface area contributed by atoms with Gasteiger partial charge in [-0.25, -0.2) is 15.0 Å². The highest BCUT2D eigenvalue weighted by Crippen LogP contribution is 2.40. The van der Waals surface area contributed by atoms with E-state index in [0.717, 1.165) is 47.5 Å². The van der Waals surface area contributed by atoms with Gasteiger partial charge in [-0.2, -0.15) is 5.10 Å². The van der Waals surface area contributed by atoms with Crippen molar-refractivity contribution in [1.29, 1.82) is 0 Å². The first kappa shape index (κ1) is 19.8. The molecule has 1 saturated carbocycles. The number of ether oxygens (including phenoxy) is 1. The first-order valence-electron chi connectivity index (χ1n) is 11.8. The maximum atomic E-state index is 6.14. The Morgan fingerprint density at radius 2 is 1.97 bits per heavy atom. The summed E-state index contributed by atoms with van der Waals surface area (Å²) in [5, 5.41) is 5.59. The Morgan fingerprint density at radius 1 is 1.12 bits per heavy atom. The molecule has 6 nitrogen and oxygen atoms in total. The third kappa shape index (κ3) is 3.58. The number of hydrogen-bond acceptors (Lipinski definition) is 5. The molecule has 6 rings (SSSR count). The van der Waals surface area contributed by atoms with Crippen molar-refractivity contribution in [3.63, 3.8) is 0 Å². The molecular formula is C26H29N5O. The minimum atomic E-state index is 0.0461. The van der Waals surface area contributed by atoms with E-state index in [-0.39, 0.29) is 12.0 Å². The zero-order valence-corrected chi connectivity index (χ0v) is 19.0. The molecule has 1 aliphatic heterocycles. The molecule has 164 valence electrons. The predicted octanol–water partition coefficient (Wildman–Crippen LogP) is 5.47. The van der Waals surface area contributed by atoms with Gasteiger partial charge in [0.15, 0.2) is 5.65 Å². The lowest BCUT2D eigenvalue weighted by molar-refractivity contribution is 0.00394. The summed E-state index contributed by atoms with van der Waals surface area (Å²) in [4.78, 5) is 14.8. The second-order valence-corrected chi connectivity index (χ2v) is 9.78. The maximum absolute atomic E-state index is 6.14. The summed E-state index contributed by atoms with van der Waals surface area (Å²) in [5.74, 6) is 1.66. The monoisotopic (exact) mass is 427 g/mol. The fraction of sp³-hybridized carbons (Fsp3) is 0.500. The summed E-state index contributed by atoms with van der Waals surface area (Å²) in [6, 6.07) is 4.74. The van der Waals surface area contributed by atoms with Crippen molar-refractivity contribution in [1.82, 2.24) is 24.7 Å². The van der Waals surface area contributed by atoms with Gasteiger partial charge >= 0.3 is 0 Å². The van der Waals surface area contributed by atoms with E-state index in [1.807, 2.05) is 19.2 Å². The number of aryl methyl sites for hydroxylation is 1. The highest BCUT2D eigenvalue weighted by atomic mass is 16.5. The van der Waals surface area contributed by atoms with E-state index < -0.39 is 0 Å². The summed E-state index contributed by atoms with van der Waals surface area (Å²) < 4.78 is 8.24. The molecule has 0 spiro atoms. The number of allylic oxidation sites excluding steroid dienone is 1. The Morgan fingerprint density at radius 3 is 2.75 bits per heavy atom. The summed E-state index contributed by atoms with van der Waals surface area (Å²) >= 11 is 0. The lowest BCUT2D eigenvalue weighted by atomic mass is 9.86. The van der Waals surface area contributed by atoms with Crippen LogP contribution in [0.25, 0.3) is 16.6 Å². The van der Waals surface area contributed by atoms with E-state index in [4.69, 9.17) is 19.7 Å². The third-order valence-electron chi connectivity index (χ3n) is 6.94. The van der Waals surface area contributed by atoms with Crippen LogP contribution in [0.2, 0.25) is 0 Å². The normalized spacial score (nSPS) is 23.2. The summed E-state index contributed by atoms with van der Waals surface area (Å²) in [5.41, 5.74) is 10.1. The predicted molar refractivity (Wildman–Crippen MR) is 123 cm³/mol. The number of rotatable bonds is 5. The Balaban J connectivity index is 1.36. The van der Waals surface area contributed by atoms with Gasteiger partial charge in [0.05, 0.1) is 24.0 Å². The summed E-state index contributed by atoms with van der Waals surface area (Å²) in [6.45, 7) is 7.17. The molecule has 4 heterocycles. The highest BCUT2D eigenvalue weighted by molar-refractivity contribution is 5.89. The van der Waals surface area contributed by atoms with Crippen LogP contribution in [-0.2, 0) is 4.74 Å². The van der Waals surface area contributed by atoms with Crippen LogP contribution < -0.4 is 0 Å². The minimum Gasteiger partial charge on any atom is -0.373 e. The Labute approximate surface area is 188 Å². The lowest BCUT2D eigenvalue weighted by Gasteiger charge is -2.29. The standard InChI is InChI=1S/C26H29N5O/c1-15(2)18-10-19(11-18)24-22-7-4-16(3)28-26(22)30-25(29-24)17-8-9-32-23(12-17)20-13-27-31(14-20)21-5-6-21/h4,7,13-15,17,21,23H,5-6,8-10,12H2,1-3H3/t17-,23+/m0/s1. The number of aromatic nitrogens is 5. The van der Waals surface area contributed by atoms with Crippen LogP contribution in [0.15, 0.2) is 35.8 Å². The van der Waals surface area contributed by atoms with E-state index in [2.05, 4.69) is 41.6 Å². The van der Waals surface area contributed by atoms with Crippen LogP contribution in [0.3, 0.4) is 0 Å². The van der Waals surface area contributed by atoms with Crippen LogP contribution >= 0.6 is 0 Å². The molecule has 0 bridgehead atoms. The van der Waals surface area contributed by atoms with Crippen LogP contribution in [0.4, 0.5) is 0 Å². The molecule has 3 aromatic heterocycles. The van der Waals surface area contributed by atoms with Gasteiger partial charge in [-0.1, -0.05) is 13.8 Å². The Kier molecular flexibility index (Phi) is 4.74. The summed E-state index contributed by atoms with van der Waals surface area (Å²) in [6.07, 6.45) is 9.41. The fourth-order valence-electron chi connectivity index (χ4n) is 4.71. The molecule has 2 fully saturated rings. The molecule has 32 heavy (non-hydrogen) atoms. The molecule has 0 radical (unpaired) electrons. The van der Waals surface area contributed by atoms with Crippen LogP contribution in [0, 0.1) is 12.8 Å². The first-order chi connectivity index (χ1) is 15.5. The van der Waals surface area contributed by atoms with E-state index in [0.29, 0.717) is 18.6 Å². The number of nitrogens with zero attached hydrogens (tertiary/aromatic N) is 5. The van der Waals surface area contributed by atoms with Gasteiger partial charge < -0.3 is 4.74 Å². The van der Waals surface area contributed by atoms with E-state index in [1.165, 1.54) is 29.6 Å². The van der Waals surface area contributed by atoms with Gasteiger partial charge in [0.2, 0.25) is 0 Å². The largest absolute Gasteiger partial charge is 0.373 e. The molecule has 6 heteroatoms. The molecule has 1 saturated heterocycles. The van der Waals surface area contributed by atoms with Gasteiger partial charge in [-0.15, -0.1) is 5.73 Å². The number of hydrogen-bond donors (Lipinski definition) is 0. The van der Waals surface area contributed by atoms with Crippen molar-refractivity contribution in [3.8, 4) is 0 Å². The number of pyridine rings is 1. The minimum absolute atomic E-state index is 0.0461. The SMILES string of the molecule is Cc1ccc2c(C3=C=C(C(C)C)C3)nc([C@H]3CCO[C@@H](c4cnn(C5CC5)c4)C3)nc2n1. The van der Waals surface area contributed by atoms with Gasteiger partial charge in [-0.3, -0.25) is 4.68 Å². The van der Waals surface area contributed by atoms with Crippen molar-refractivity contribution < 1.29 is 4.74 Å². The molecule has 0 N–H and O–H groups in total. The molecule has 0 amide bonds. The zero-order valence-electron chi connectivity index (χ0n) is 19.0. The van der Waals surface area contributed by atoms with Crippen LogP contribution in [0.1, 0.15) is 86.8 Å². The average molecular weight is 428 g/mol. The second kappa shape index (κ2) is 7.65. The molecular weight excluding hydrogens is 398 g/mol. The van der Waals surface area contributed by atoms with Gasteiger partial charge in [0.25, 0.3) is 0 Å². The quantitative estimate of drug-likeness (QED) is 0.505. The Hall–Kier alpha value is -2.82. The lowest BCUT2D eigenvalue weighted by Crippen LogP contribution is -2.21. The highest BCUT2D eigenvalue weighted by Gasteiger charge is 2.31. The molecule has 2 atom stereocenters. The maximum Gasteiger partial charge on any atom is 0.163 e. The fourth-order valence-corrected chi connectivity index (χ4v) is 4.71. The average Bonchev–Trinajstić information content (AvgIpc) is 3.48. The zero-order chi connectivity index (χ0) is 21.8. The van der Waals surface area contributed by atoms with Crippen molar-refractivity contribution >= 4 is 16.6 Å². The Bertz CT molecular complexity index is 1260. The van der Waals surface area contributed by atoms with Gasteiger partial charge in [-0.05, 0) is 56.2 Å². The van der Waals surface area contributed by atoms with E-state index in [1.54, 1.807) is 0 Å². The second-order valence-electron chi connectivity index (χ2n) is 9.78. The topological polar surface area (TPSA) is 65.7 Å². The van der Waals surface area contributed by atoms with Crippen molar-refractivity contribution in [2.75, 3.05) is 6.61 Å². The van der Waals surface area contributed by atoms with Crippen LogP contribution in [0.5, 0.6) is 0 Å². The van der Waals surface area contributed by atoms with Gasteiger partial charge in [0.1, 0.15) is 5.82 Å². The number of fused-ring (bicyclic) bond motifs is 1. The van der Waals surface area contributed by atoms with E-state index >= 15 is 0 Å². The van der Waals surface area contributed by atoms with Gasteiger partial charge in [0, 0.05) is 47.4 Å². The molecule has 2 aliphatic carbocycles. The smallest absolute Gasteiger partial charge is 0.163 e. The van der Waals surface area contributed by atoms with Crippen molar-refractivity contribution in [2.45, 2.75) is 70.9 Å².